The van der Waals surface area contributed by atoms with Gasteiger partial charge in [0.2, 0.25) is 0 Å². The first-order chi connectivity index (χ1) is 5.77. The van der Waals surface area contributed by atoms with Crippen molar-refractivity contribution in [3.63, 3.8) is 0 Å². The molecule has 0 bridgehead atoms. The van der Waals surface area contributed by atoms with Crippen molar-refractivity contribution in [1.29, 1.82) is 0 Å². The summed E-state index contributed by atoms with van der Waals surface area (Å²) in [7, 11) is 0. The largest absolute Gasteiger partial charge is 0.309 e. The quantitative estimate of drug-likeness (QED) is 0.719. The standard InChI is InChI=1S/C9H14N2S/c1-6-3-4-10-9(6)8-5-11-7(2)12-8/h5-6,9-10H,3-4H2,1-2H3/t6-,9-/m0/s1. The maximum atomic E-state index is 4.27. The Kier molecular flexibility index (Phi) is 2.15. The normalized spacial score (nSPS) is 29.5. The smallest absolute Gasteiger partial charge is 0.0897 e. The van der Waals surface area contributed by atoms with Crippen LogP contribution in [0.25, 0.3) is 0 Å². The molecule has 2 heterocycles. The summed E-state index contributed by atoms with van der Waals surface area (Å²) in [5, 5.41) is 4.68. The van der Waals surface area contributed by atoms with Gasteiger partial charge in [0.15, 0.2) is 0 Å². The van der Waals surface area contributed by atoms with Gasteiger partial charge in [0, 0.05) is 17.1 Å². The first kappa shape index (κ1) is 8.20. The average molecular weight is 182 g/mol. The van der Waals surface area contributed by atoms with Crippen molar-refractivity contribution in [2.24, 2.45) is 5.92 Å². The Morgan fingerprint density at radius 1 is 1.67 bits per heavy atom. The van der Waals surface area contributed by atoms with Gasteiger partial charge in [0.1, 0.15) is 0 Å². The van der Waals surface area contributed by atoms with Crippen LogP contribution < -0.4 is 5.32 Å². The van der Waals surface area contributed by atoms with Gasteiger partial charge >= 0.3 is 0 Å². The number of aromatic nitrogens is 1. The molecule has 0 saturated carbocycles. The van der Waals surface area contributed by atoms with Crippen LogP contribution in [0.4, 0.5) is 0 Å². The van der Waals surface area contributed by atoms with Gasteiger partial charge in [-0.3, -0.25) is 0 Å². The van der Waals surface area contributed by atoms with Crippen LogP contribution in [0, 0.1) is 12.8 Å². The van der Waals surface area contributed by atoms with E-state index in [0.717, 1.165) is 12.5 Å². The third-order valence-electron chi connectivity index (χ3n) is 2.48. The van der Waals surface area contributed by atoms with Crippen LogP contribution in [0.3, 0.4) is 0 Å². The molecule has 12 heavy (non-hydrogen) atoms. The van der Waals surface area contributed by atoms with Crippen LogP contribution in [0.2, 0.25) is 0 Å². The Hall–Kier alpha value is -0.410. The molecule has 0 spiro atoms. The minimum Gasteiger partial charge on any atom is -0.309 e. The average Bonchev–Trinajstić information content (AvgIpc) is 2.58. The summed E-state index contributed by atoms with van der Waals surface area (Å²) in [5.41, 5.74) is 0. The molecule has 0 unspecified atom stereocenters. The van der Waals surface area contributed by atoms with Crippen LogP contribution in [0.5, 0.6) is 0 Å². The highest BCUT2D eigenvalue weighted by Crippen LogP contribution is 2.31. The highest BCUT2D eigenvalue weighted by Gasteiger charge is 2.25. The molecule has 1 saturated heterocycles. The molecule has 2 nitrogen and oxygen atoms in total. The predicted molar refractivity (Wildman–Crippen MR) is 51.4 cm³/mol. The van der Waals surface area contributed by atoms with Crippen molar-refractivity contribution in [3.05, 3.63) is 16.1 Å². The number of thiazole rings is 1. The molecule has 1 N–H and O–H groups in total. The van der Waals surface area contributed by atoms with E-state index in [0.29, 0.717) is 6.04 Å². The molecule has 1 aromatic heterocycles. The summed E-state index contributed by atoms with van der Waals surface area (Å²) >= 11 is 1.82. The Morgan fingerprint density at radius 2 is 2.50 bits per heavy atom. The molecule has 1 aliphatic heterocycles. The van der Waals surface area contributed by atoms with E-state index in [1.165, 1.54) is 16.3 Å². The second-order valence-electron chi connectivity index (χ2n) is 3.48. The lowest BCUT2D eigenvalue weighted by Gasteiger charge is -2.12. The number of nitrogens with one attached hydrogen (secondary N) is 1. The van der Waals surface area contributed by atoms with E-state index in [2.05, 4.69) is 24.1 Å². The van der Waals surface area contributed by atoms with Crippen LogP contribution in [0.1, 0.15) is 29.3 Å². The second kappa shape index (κ2) is 3.15. The number of rotatable bonds is 1. The van der Waals surface area contributed by atoms with Crippen molar-refractivity contribution in [2.75, 3.05) is 6.54 Å². The molecule has 2 atom stereocenters. The van der Waals surface area contributed by atoms with Gasteiger partial charge in [0.05, 0.1) is 5.01 Å². The lowest BCUT2D eigenvalue weighted by atomic mass is 10.0. The van der Waals surface area contributed by atoms with Gasteiger partial charge in [0.25, 0.3) is 0 Å². The van der Waals surface area contributed by atoms with Crippen molar-refractivity contribution in [1.82, 2.24) is 10.3 Å². The van der Waals surface area contributed by atoms with Gasteiger partial charge in [-0.15, -0.1) is 11.3 Å². The predicted octanol–water partition coefficient (Wildman–Crippen LogP) is 2.12. The third-order valence-corrected chi connectivity index (χ3v) is 3.47. The molecule has 66 valence electrons. The van der Waals surface area contributed by atoms with E-state index in [1.54, 1.807) is 0 Å². The maximum Gasteiger partial charge on any atom is 0.0897 e. The molecular formula is C9H14N2S. The molecule has 0 amide bonds. The number of hydrogen-bond donors (Lipinski definition) is 1. The zero-order valence-electron chi connectivity index (χ0n) is 7.50. The van der Waals surface area contributed by atoms with Crippen molar-refractivity contribution in [3.8, 4) is 0 Å². The zero-order valence-corrected chi connectivity index (χ0v) is 8.32. The Bertz CT molecular complexity index is 269. The second-order valence-corrected chi connectivity index (χ2v) is 4.75. The van der Waals surface area contributed by atoms with Crippen molar-refractivity contribution >= 4 is 11.3 Å². The molecule has 2 rings (SSSR count). The first-order valence-corrected chi connectivity index (χ1v) is 5.25. The van der Waals surface area contributed by atoms with Crippen molar-refractivity contribution in [2.45, 2.75) is 26.3 Å². The topological polar surface area (TPSA) is 24.9 Å². The van der Waals surface area contributed by atoms with E-state index < -0.39 is 0 Å². The Balaban J connectivity index is 2.19. The summed E-state index contributed by atoms with van der Waals surface area (Å²) in [4.78, 5) is 5.67. The molecule has 0 aliphatic carbocycles. The van der Waals surface area contributed by atoms with Gasteiger partial charge in [-0.25, -0.2) is 4.98 Å². The van der Waals surface area contributed by atoms with E-state index in [-0.39, 0.29) is 0 Å². The first-order valence-electron chi connectivity index (χ1n) is 4.43. The van der Waals surface area contributed by atoms with E-state index in [1.807, 2.05) is 17.5 Å². The van der Waals surface area contributed by atoms with E-state index in [4.69, 9.17) is 0 Å². The van der Waals surface area contributed by atoms with Gasteiger partial charge in [-0.2, -0.15) is 0 Å². The van der Waals surface area contributed by atoms with Crippen LogP contribution in [0.15, 0.2) is 6.20 Å². The zero-order chi connectivity index (χ0) is 8.55. The van der Waals surface area contributed by atoms with Gasteiger partial charge < -0.3 is 5.32 Å². The number of hydrogen-bond acceptors (Lipinski definition) is 3. The molecule has 3 heteroatoms. The highest BCUT2D eigenvalue weighted by atomic mass is 32.1. The summed E-state index contributed by atoms with van der Waals surface area (Å²) in [6, 6.07) is 0.566. The van der Waals surface area contributed by atoms with Crippen LogP contribution in [-0.2, 0) is 0 Å². The number of nitrogens with zero attached hydrogens (tertiary/aromatic N) is 1. The molecular weight excluding hydrogens is 168 g/mol. The fourth-order valence-corrected chi connectivity index (χ4v) is 2.73. The highest BCUT2D eigenvalue weighted by molar-refractivity contribution is 7.11. The summed E-state index contributed by atoms with van der Waals surface area (Å²) in [6.45, 7) is 5.52. The van der Waals surface area contributed by atoms with Gasteiger partial charge in [-0.1, -0.05) is 6.92 Å². The van der Waals surface area contributed by atoms with E-state index >= 15 is 0 Å². The minimum absolute atomic E-state index is 0.566. The monoisotopic (exact) mass is 182 g/mol. The van der Waals surface area contributed by atoms with Crippen LogP contribution in [-0.4, -0.2) is 11.5 Å². The van der Waals surface area contributed by atoms with E-state index in [9.17, 15) is 0 Å². The summed E-state index contributed by atoms with van der Waals surface area (Å²) < 4.78 is 0. The fourth-order valence-electron chi connectivity index (χ4n) is 1.74. The SMILES string of the molecule is Cc1ncc([C@H]2NCC[C@@H]2C)s1. The molecule has 1 aromatic rings. The fraction of sp³-hybridized carbons (Fsp3) is 0.667. The Morgan fingerprint density at radius 3 is 3.00 bits per heavy atom. The van der Waals surface area contributed by atoms with Crippen LogP contribution >= 0.6 is 11.3 Å². The minimum atomic E-state index is 0.566. The van der Waals surface area contributed by atoms with Crippen molar-refractivity contribution < 1.29 is 0 Å². The molecule has 0 aromatic carbocycles. The molecule has 1 fully saturated rings. The lowest BCUT2D eigenvalue weighted by Crippen LogP contribution is -2.14. The third kappa shape index (κ3) is 1.39. The maximum absolute atomic E-state index is 4.27. The Labute approximate surface area is 77.0 Å². The molecule has 0 radical (unpaired) electrons. The number of aryl methyl sites for hydroxylation is 1. The lowest BCUT2D eigenvalue weighted by molar-refractivity contribution is 0.510. The summed E-state index contributed by atoms with van der Waals surface area (Å²) in [6.07, 6.45) is 3.31. The summed E-state index contributed by atoms with van der Waals surface area (Å²) in [5.74, 6) is 0.768. The van der Waals surface area contributed by atoms with Gasteiger partial charge in [-0.05, 0) is 25.8 Å². The molecule has 1 aliphatic rings.